The number of imidazole rings is 1. The molecule has 0 aliphatic carbocycles. The van der Waals surface area contributed by atoms with E-state index in [-0.39, 0.29) is 11.9 Å². The Balaban J connectivity index is 1.81. The first-order valence-corrected chi connectivity index (χ1v) is 7.82. The molecule has 7 heteroatoms. The van der Waals surface area contributed by atoms with Crippen LogP contribution in [0.2, 0.25) is 8.67 Å². The van der Waals surface area contributed by atoms with Crippen LogP contribution in [0, 0.1) is 0 Å². The van der Waals surface area contributed by atoms with Crippen LogP contribution < -0.4 is 5.32 Å². The highest BCUT2D eigenvalue weighted by molar-refractivity contribution is 7.20. The largest absolute Gasteiger partial charge is 0.342 e. The Bertz CT molecular complexity index is 779. The summed E-state index contributed by atoms with van der Waals surface area (Å²) in [5, 5.41) is 2.86. The van der Waals surface area contributed by atoms with Gasteiger partial charge in [0.2, 0.25) is 0 Å². The van der Waals surface area contributed by atoms with Crippen molar-refractivity contribution in [3.63, 3.8) is 0 Å². The van der Waals surface area contributed by atoms with Gasteiger partial charge in [-0.15, -0.1) is 11.3 Å². The molecule has 1 unspecified atom stereocenters. The van der Waals surface area contributed by atoms with Crippen LogP contribution in [0.1, 0.15) is 29.1 Å². The maximum Gasteiger partial charge on any atom is 0.254 e. The lowest BCUT2D eigenvalue weighted by Gasteiger charge is -2.10. The van der Waals surface area contributed by atoms with Crippen LogP contribution in [-0.2, 0) is 0 Å². The molecule has 1 atom stereocenters. The van der Waals surface area contributed by atoms with Gasteiger partial charge in [-0.3, -0.25) is 4.79 Å². The highest BCUT2D eigenvalue weighted by Gasteiger charge is 2.18. The first kappa shape index (κ1) is 14.4. The third-order valence-electron chi connectivity index (χ3n) is 3.07. The average Bonchev–Trinajstić information content (AvgIpc) is 3.01. The molecular formula is C14H11Cl2N3OS. The number of fused-ring (bicyclic) bond motifs is 1. The summed E-state index contributed by atoms with van der Waals surface area (Å²) < 4.78 is 0.871. The van der Waals surface area contributed by atoms with Crippen molar-refractivity contribution >= 4 is 51.5 Å². The maximum atomic E-state index is 12.2. The van der Waals surface area contributed by atoms with E-state index in [0.717, 1.165) is 11.0 Å². The SMILES string of the molecule is CC(NC(=O)c1cc(Cl)sc1Cl)c1nc2ccccc2[nH]1. The minimum atomic E-state index is -0.267. The number of para-hydroxylation sites is 2. The van der Waals surface area contributed by atoms with Gasteiger partial charge in [0.1, 0.15) is 10.2 Å². The zero-order chi connectivity index (χ0) is 15.0. The Kier molecular flexibility index (Phi) is 3.89. The van der Waals surface area contributed by atoms with Crippen molar-refractivity contribution < 1.29 is 4.79 Å². The molecule has 4 nitrogen and oxygen atoms in total. The summed E-state index contributed by atoms with van der Waals surface area (Å²) in [6.45, 7) is 1.86. The van der Waals surface area contributed by atoms with Crippen LogP contribution >= 0.6 is 34.5 Å². The number of hydrogen-bond donors (Lipinski definition) is 2. The lowest BCUT2D eigenvalue weighted by Crippen LogP contribution is -2.27. The third kappa shape index (κ3) is 2.90. The summed E-state index contributed by atoms with van der Waals surface area (Å²) in [5.74, 6) is 0.429. The van der Waals surface area contributed by atoms with E-state index < -0.39 is 0 Å². The molecule has 3 rings (SSSR count). The van der Waals surface area contributed by atoms with Gasteiger partial charge in [0, 0.05) is 0 Å². The molecule has 3 aromatic rings. The van der Waals surface area contributed by atoms with Crippen molar-refractivity contribution in [2.24, 2.45) is 0 Å². The lowest BCUT2D eigenvalue weighted by atomic mass is 10.2. The smallest absolute Gasteiger partial charge is 0.254 e. The third-order valence-corrected chi connectivity index (χ3v) is 4.55. The molecule has 0 spiro atoms. The van der Waals surface area contributed by atoms with E-state index in [1.165, 1.54) is 11.3 Å². The number of thiophene rings is 1. The highest BCUT2D eigenvalue weighted by atomic mass is 35.5. The van der Waals surface area contributed by atoms with Crippen molar-refractivity contribution in [1.29, 1.82) is 0 Å². The van der Waals surface area contributed by atoms with Gasteiger partial charge < -0.3 is 10.3 Å². The Labute approximate surface area is 135 Å². The number of hydrogen-bond acceptors (Lipinski definition) is 3. The van der Waals surface area contributed by atoms with Crippen molar-refractivity contribution in [2.75, 3.05) is 0 Å². The zero-order valence-corrected chi connectivity index (χ0v) is 13.3. The van der Waals surface area contributed by atoms with E-state index in [0.29, 0.717) is 20.1 Å². The number of nitrogens with one attached hydrogen (secondary N) is 2. The number of carbonyl (C=O) groups excluding carboxylic acids is 1. The number of aromatic nitrogens is 2. The summed E-state index contributed by atoms with van der Waals surface area (Å²) in [5.41, 5.74) is 2.19. The van der Waals surface area contributed by atoms with Crippen LogP contribution in [0.4, 0.5) is 0 Å². The van der Waals surface area contributed by atoms with E-state index in [1.54, 1.807) is 6.07 Å². The molecule has 108 valence electrons. The maximum absolute atomic E-state index is 12.2. The molecule has 2 heterocycles. The fraction of sp³-hybridized carbons (Fsp3) is 0.143. The molecule has 0 fully saturated rings. The summed E-state index contributed by atoms with van der Waals surface area (Å²) in [7, 11) is 0. The second kappa shape index (κ2) is 5.67. The number of halogens is 2. The van der Waals surface area contributed by atoms with Gasteiger partial charge in [-0.25, -0.2) is 4.98 Å². The number of benzene rings is 1. The van der Waals surface area contributed by atoms with Gasteiger partial charge in [-0.05, 0) is 25.1 Å². The molecule has 2 N–H and O–H groups in total. The van der Waals surface area contributed by atoms with Crippen molar-refractivity contribution in [1.82, 2.24) is 15.3 Å². The van der Waals surface area contributed by atoms with Gasteiger partial charge in [0.15, 0.2) is 0 Å². The second-order valence-electron chi connectivity index (χ2n) is 4.57. The summed E-state index contributed by atoms with van der Waals surface area (Å²) in [6.07, 6.45) is 0. The summed E-state index contributed by atoms with van der Waals surface area (Å²) in [4.78, 5) is 19.8. The van der Waals surface area contributed by atoms with Gasteiger partial charge in [-0.2, -0.15) is 0 Å². The minimum absolute atomic E-state index is 0.264. The van der Waals surface area contributed by atoms with Crippen molar-refractivity contribution in [2.45, 2.75) is 13.0 Å². The Hall–Kier alpha value is -1.56. The summed E-state index contributed by atoms with van der Waals surface area (Å²) >= 11 is 13.0. The van der Waals surface area contributed by atoms with Crippen LogP contribution in [0.15, 0.2) is 30.3 Å². The van der Waals surface area contributed by atoms with E-state index in [4.69, 9.17) is 23.2 Å². The fourth-order valence-electron chi connectivity index (χ4n) is 2.02. The van der Waals surface area contributed by atoms with Gasteiger partial charge in [0.25, 0.3) is 5.91 Å². The normalized spacial score (nSPS) is 12.5. The molecule has 21 heavy (non-hydrogen) atoms. The standard InChI is InChI=1S/C14H11Cl2N3OS/c1-7(13-18-9-4-2-3-5-10(9)19-13)17-14(20)8-6-11(15)21-12(8)16/h2-7H,1H3,(H,17,20)(H,18,19). The Morgan fingerprint density at radius 2 is 2.14 bits per heavy atom. The molecule has 0 saturated carbocycles. The van der Waals surface area contributed by atoms with E-state index >= 15 is 0 Å². The topological polar surface area (TPSA) is 57.8 Å². The number of amides is 1. The molecule has 0 aliphatic heterocycles. The number of H-pyrrole nitrogens is 1. The van der Waals surface area contributed by atoms with Crippen LogP contribution in [0.3, 0.4) is 0 Å². The molecule has 0 aliphatic rings. The number of aromatic amines is 1. The number of rotatable bonds is 3. The molecule has 0 saturated heterocycles. The first-order valence-electron chi connectivity index (χ1n) is 6.25. The van der Waals surface area contributed by atoms with Crippen molar-refractivity contribution in [3.8, 4) is 0 Å². The van der Waals surface area contributed by atoms with Crippen LogP contribution in [-0.4, -0.2) is 15.9 Å². The molecule has 1 aromatic carbocycles. The van der Waals surface area contributed by atoms with Gasteiger partial charge in [-0.1, -0.05) is 35.3 Å². The zero-order valence-electron chi connectivity index (χ0n) is 11.0. The second-order valence-corrected chi connectivity index (χ2v) is 6.86. The quantitative estimate of drug-likeness (QED) is 0.741. The predicted octanol–water partition coefficient (Wildman–Crippen LogP) is 4.42. The lowest BCUT2D eigenvalue weighted by molar-refractivity contribution is 0.0939. The monoisotopic (exact) mass is 339 g/mol. The van der Waals surface area contributed by atoms with E-state index in [1.807, 2.05) is 31.2 Å². The van der Waals surface area contributed by atoms with Gasteiger partial charge >= 0.3 is 0 Å². The number of carbonyl (C=O) groups is 1. The number of nitrogens with zero attached hydrogens (tertiary/aromatic N) is 1. The Morgan fingerprint density at radius 3 is 2.81 bits per heavy atom. The van der Waals surface area contributed by atoms with Crippen LogP contribution in [0.25, 0.3) is 11.0 Å². The first-order chi connectivity index (χ1) is 10.0. The predicted molar refractivity (Wildman–Crippen MR) is 86.3 cm³/mol. The average molecular weight is 340 g/mol. The van der Waals surface area contributed by atoms with E-state index in [9.17, 15) is 4.79 Å². The van der Waals surface area contributed by atoms with E-state index in [2.05, 4.69) is 15.3 Å². The molecular weight excluding hydrogens is 329 g/mol. The molecule has 0 bridgehead atoms. The molecule has 2 aromatic heterocycles. The summed E-state index contributed by atoms with van der Waals surface area (Å²) in [6, 6.07) is 9.01. The van der Waals surface area contributed by atoms with Crippen LogP contribution in [0.5, 0.6) is 0 Å². The highest BCUT2D eigenvalue weighted by Crippen LogP contribution is 2.31. The molecule has 1 amide bonds. The molecule has 0 radical (unpaired) electrons. The Morgan fingerprint density at radius 1 is 1.38 bits per heavy atom. The van der Waals surface area contributed by atoms with Gasteiger partial charge in [0.05, 0.1) is 27.0 Å². The van der Waals surface area contributed by atoms with Crippen molar-refractivity contribution in [3.05, 3.63) is 50.4 Å². The minimum Gasteiger partial charge on any atom is -0.342 e. The fourth-order valence-corrected chi connectivity index (χ4v) is 3.47.